The Morgan fingerprint density at radius 1 is 0.241 bits per heavy atom. The van der Waals surface area contributed by atoms with Gasteiger partial charge >= 0.3 is 17.9 Å². The molecule has 0 amide bonds. The molecule has 0 aliphatic heterocycles. The molecule has 0 aliphatic carbocycles. The molecule has 0 heterocycles. The number of rotatable bonds is 57. The number of allylic oxidation sites excluding steroid dienone is 32. The Morgan fingerprint density at radius 3 is 0.747 bits per heavy atom. The van der Waals surface area contributed by atoms with Crippen LogP contribution in [0.25, 0.3) is 0 Å². The van der Waals surface area contributed by atoms with Crippen molar-refractivity contribution in [2.75, 3.05) is 13.2 Å². The maximum absolute atomic E-state index is 12.9. The Kier molecular flexibility index (Phi) is 64.0. The second-order valence-corrected chi connectivity index (χ2v) is 20.9. The first-order chi connectivity index (χ1) is 41.0. The van der Waals surface area contributed by atoms with Gasteiger partial charge in [0.1, 0.15) is 13.2 Å². The van der Waals surface area contributed by atoms with Gasteiger partial charge in [0.25, 0.3) is 0 Å². The van der Waals surface area contributed by atoms with Gasteiger partial charge in [-0.25, -0.2) is 0 Å². The van der Waals surface area contributed by atoms with Crippen LogP contribution in [-0.4, -0.2) is 37.2 Å². The van der Waals surface area contributed by atoms with Crippen LogP contribution < -0.4 is 0 Å². The van der Waals surface area contributed by atoms with Crippen LogP contribution in [0.4, 0.5) is 0 Å². The van der Waals surface area contributed by atoms with E-state index in [0.717, 1.165) is 167 Å². The van der Waals surface area contributed by atoms with E-state index >= 15 is 0 Å². The smallest absolute Gasteiger partial charge is 0.306 e. The van der Waals surface area contributed by atoms with Gasteiger partial charge < -0.3 is 14.2 Å². The number of carbonyl (C=O) groups is 3. The van der Waals surface area contributed by atoms with Crippen molar-refractivity contribution < 1.29 is 28.6 Å². The van der Waals surface area contributed by atoms with E-state index in [9.17, 15) is 14.4 Å². The van der Waals surface area contributed by atoms with Crippen molar-refractivity contribution in [2.45, 2.75) is 258 Å². The second-order valence-electron chi connectivity index (χ2n) is 20.9. The summed E-state index contributed by atoms with van der Waals surface area (Å²) >= 11 is 0. The average Bonchev–Trinajstić information content (AvgIpc) is 3.49. The molecule has 462 valence electrons. The largest absolute Gasteiger partial charge is 0.462 e. The summed E-state index contributed by atoms with van der Waals surface area (Å²) in [5.74, 6) is -1.04. The van der Waals surface area contributed by atoms with Crippen LogP contribution in [0.1, 0.15) is 252 Å². The number of esters is 3. The van der Waals surface area contributed by atoms with Crippen LogP contribution in [-0.2, 0) is 28.6 Å². The van der Waals surface area contributed by atoms with Gasteiger partial charge in [0, 0.05) is 19.3 Å². The number of hydrogen-bond donors (Lipinski definition) is 0. The molecule has 6 heteroatoms. The highest BCUT2D eigenvalue weighted by Crippen LogP contribution is 2.14. The summed E-state index contributed by atoms with van der Waals surface area (Å²) in [6, 6.07) is 0. The molecule has 83 heavy (non-hydrogen) atoms. The highest BCUT2D eigenvalue weighted by atomic mass is 16.6. The lowest BCUT2D eigenvalue weighted by Gasteiger charge is -2.18. The highest BCUT2D eigenvalue weighted by molar-refractivity contribution is 5.71. The molecule has 0 saturated carbocycles. The minimum atomic E-state index is -0.833. The quantitative estimate of drug-likeness (QED) is 0.0261. The van der Waals surface area contributed by atoms with Gasteiger partial charge in [0.05, 0.1) is 0 Å². The Bertz CT molecular complexity index is 1990. The van der Waals surface area contributed by atoms with E-state index in [1.165, 1.54) is 38.5 Å². The molecule has 0 bridgehead atoms. The van der Waals surface area contributed by atoms with Crippen LogP contribution in [0.5, 0.6) is 0 Å². The predicted octanol–water partition coefficient (Wildman–Crippen LogP) is 23.0. The fraction of sp³-hybridized carbons (Fsp3) is 0.545. The van der Waals surface area contributed by atoms with E-state index in [1.807, 2.05) is 12.2 Å². The fourth-order valence-electron chi connectivity index (χ4n) is 8.29. The fourth-order valence-corrected chi connectivity index (χ4v) is 8.29. The molecule has 0 aliphatic rings. The van der Waals surface area contributed by atoms with Gasteiger partial charge in [-0.2, -0.15) is 0 Å². The Hall–Kier alpha value is -5.75. The van der Waals surface area contributed by atoms with Crippen molar-refractivity contribution in [1.29, 1.82) is 0 Å². The molecular weight excluding hydrogens is 1020 g/mol. The maximum atomic E-state index is 12.9. The van der Waals surface area contributed by atoms with E-state index in [4.69, 9.17) is 14.2 Å². The summed E-state index contributed by atoms with van der Waals surface area (Å²) in [4.78, 5) is 38.3. The van der Waals surface area contributed by atoms with Crippen LogP contribution >= 0.6 is 0 Å². The lowest BCUT2D eigenvalue weighted by molar-refractivity contribution is -0.166. The molecule has 1 atom stereocenters. The summed E-state index contributed by atoms with van der Waals surface area (Å²) in [6.45, 7) is 6.20. The third kappa shape index (κ3) is 66.9. The van der Waals surface area contributed by atoms with Crippen molar-refractivity contribution in [3.63, 3.8) is 0 Å². The second kappa shape index (κ2) is 68.7. The zero-order valence-electron chi connectivity index (χ0n) is 52.9. The lowest BCUT2D eigenvalue weighted by Crippen LogP contribution is -2.30. The van der Waals surface area contributed by atoms with Crippen LogP contribution in [0.2, 0.25) is 0 Å². The standard InChI is InChI=1S/C77H118O6/c1-4-7-10-13-16-19-22-25-27-29-31-33-34-35-36-37-38-39-40-41-42-44-45-47-49-52-55-58-61-64-67-70-76(79)82-73-74(72-81-75(78)69-66-63-60-57-54-51-24-21-18-15-12-9-6-3)83-77(80)71-68-65-62-59-56-53-50-48-46-43-32-30-28-26-23-20-17-14-11-8-5-2/h7-12,16-21,25-28,31-33,35-36,38-39,41-43,48,50-51,54,60,63,74H,4-6,13-15,22-24,29-30,34,37,40,44-47,49,52-53,55-59,61-62,64-73H2,1-3H3/b10-7-,11-8-,12-9-,19-16-,20-17-,21-18-,27-25-,28-26-,33-31-,36-35-,39-38-,42-41-,43-32-,50-48-,54-51-,63-60-. The van der Waals surface area contributed by atoms with E-state index < -0.39 is 6.10 Å². The number of ether oxygens (including phenoxy) is 3. The van der Waals surface area contributed by atoms with E-state index in [0.29, 0.717) is 12.8 Å². The Balaban J connectivity index is 4.41. The SMILES string of the molecule is CC/C=C\C/C=C\C/C=C\C/C=C\C/C=C\C/C=C\C/C=C\CCCCCCCCCCCC(=O)OCC(COC(=O)CC/C=C\C/C=C\C/C=C\C/C=C\CC)OC(=O)CCCCCCC/C=C\C/C=C\C/C=C\C/C=C\C/C=C\CC. The van der Waals surface area contributed by atoms with Gasteiger partial charge in [-0.05, 0) is 148 Å². The van der Waals surface area contributed by atoms with E-state index in [-0.39, 0.29) is 44.0 Å². The van der Waals surface area contributed by atoms with Crippen LogP contribution in [0, 0.1) is 0 Å². The highest BCUT2D eigenvalue weighted by Gasteiger charge is 2.19. The first-order valence-corrected chi connectivity index (χ1v) is 32.9. The first-order valence-electron chi connectivity index (χ1n) is 32.9. The summed E-state index contributed by atoms with van der Waals surface area (Å²) in [5.41, 5.74) is 0. The minimum absolute atomic E-state index is 0.121. The third-order valence-electron chi connectivity index (χ3n) is 13.1. The lowest BCUT2D eigenvalue weighted by atomic mass is 10.1. The molecule has 0 aromatic rings. The molecular formula is C77H118O6. The monoisotopic (exact) mass is 1140 g/mol. The third-order valence-corrected chi connectivity index (χ3v) is 13.1. The zero-order valence-corrected chi connectivity index (χ0v) is 52.9. The van der Waals surface area contributed by atoms with Crippen molar-refractivity contribution in [3.05, 3.63) is 194 Å². The average molecular weight is 1140 g/mol. The Morgan fingerprint density at radius 2 is 0.458 bits per heavy atom. The van der Waals surface area contributed by atoms with Gasteiger partial charge in [0.2, 0.25) is 0 Å². The number of unbranched alkanes of at least 4 members (excludes halogenated alkanes) is 14. The van der Waals surface area contributed by atoms with Crippen LogP contribution in [0.3, 0.4) is 0 Å². The molecule has 0 rings (SSSR count). The molecule has 0 radical (unpaired) electrons. The molecule has 0 saturated heterocycles. The van der Waals surface area contributed by atoms with Gasteiger partial charge in [-0.1, -0.05) is 279 Å². The molecule has 0 fully saturated rings. The number of carbonyl (C=O) groups excluding carboxylic acids is 3. The van der Waals surface area contributed by atoms with Crippen molar-refractivity contribution in [2.24, 2.45) is 0 Å². The molecule has 0 N–H and O–H groups in total. The molecule has 0 aromatic heterocycles. The molecule has 6 nitrogen and oxygen atoms in total. The normalized spacial score (nSPS) is 13.4. The maximum Gasteiger partial charge on any atom is 0.306 e. The molecule has 0 spiro atoms. The van der Waals surface area contributed by atoms with Gasteiger partial charge in [-0.15, -0.1) is 0 Å². The summed E-state index contributed by atoms with van der Waals surface area (Å²) in [6.07, 6.45) is 105. The van der Waals surface area contributed by atoms with Gasteiger partial charge in [0.15, 0.2) is 6.10 Å². The van der Waals surface area contributed by atoms with E-state index in [1.54, 1.807) is 0 Å². The summed E-state index contributed by atoms with van der Waals surface area (Å²) in [7, 11) is 0. The molecule has 0 aromatic carbocycles. The first kappa shape index (κ1) is 77.2. The molecule has 1 unspecified atom stereocenters. The topological polar surface area (TPSA) is 78.9 Å². The van der Waals surface area contributed by atoms with Crippen molar-refractivity contribution >= 4 is 17.9 Å². The van der Waals surface area contributed by atoms with E-state index in [2.05, 4.69) is 203 Å². The Labute approximate surface area is 509 Å². The zero-order chi connectivity index (χ0) is 59.9. The summed E-state index contributed by atoms with van der Waals surface area (Å²) in [5, 5.41) is 0. The van der Waals surface area contributed by atoms with Gasteiger partial charge in [-0.3, -0.25) is 14.4 Å². The number of hydrogen-bond acceptors (Lipinski definition) is 6. The van der Waals surface area contributed by atoms with Crippen molar-refractivity contribution in [3.8, 4) is 0 Å². The summed E-state index contributed by atoms with van der Waals surface area (Å²) < 4.78 is 16.8. The van der Waals surface area contributed by atoms with Crippen molar-refractivity contribution in [1.82, 2.24) is 0 Å². The van der Waals surface area contributed by atoms with Crippen LogP contribution in [0.15, 0.2) is 194 Å². The minimum Gasteiger partial charge on any atom is -0.462 e. The predicted molar refractivity (Wildman–Crippen MR) is 361 cm³/mol.